The first-order valence-corrected chi connectivity index (χ1v) is 12.3. The molecule has 0 aliphatic carbocycles. The molecule has 9 heteroatoms. The number of para-hydroxylation sites is 1. The summed E-state index contributed by atoms with van der Waals surface area (Å²) in [5.74, 6) is 0.161. The Hall–Kier alpha value is -1.97. The molecule has 0 spiro atoms. The van der Waals surface area contributed by atoms with E-state index in [1.807, 2.05) is 24.3 Å². The molecular formula is C21H34N4O4S. The zero-order valence-electron chi connectivity index (χ0n) is 18.4. The third-order valence-corrected chi connectivity index (χ3v) is 5.70. The van der Waals surface area contributed by atoms with Crippen molar-refractivity contribution in [2.75, 3.05) is 50.4 Å². The maximum absolute atomic E-state index is 12.8. The molecule has 0 atom stereocenters. The second-order valence-corrected chi connectivity index (χ2v) is 10.1. The van der Waals surface area contributed by atoms with Gasteiger partial charge in [-0.3, -0.25) is 9.59 Å². The number of benzene rings is 1. The molecule has 0 aromatic heterocycles. The molecule has 0 unspecified atom stereocenters. The van der Waals surface area contributed by atoms with E-state index in [9.17, 15) is 18.0 Å². The fraction of sp³-hybridized carbons (Fsp3) is 0.619. The van der Waals surface area contributed by atoms with E-state index in [-0.39, 0.29) is 18.4 Å². The summed E-state index contributed by atoms with van der Waals surface area (Å²) in [4.78, 5) is 31.0. The molecule has 0 fully saturated rings. The number of hydrogen-bond donors (Lipinski definition) is 1. The number of carbonyl (C=O) groups excluding carboxylic acids is 2. The molecule has 1 heterocycles. The van der Waals surface area contributed by atoms with E-state index in [1.54, 1.807) is 16.7 Å². The Morgan fingerprint density at radius 1 is 1.10 bits per heavy atom. The fourth-order valence-corrected chi connectivity index (χ4v) is 4.07. The average molecular weight is 439 g/mol. The van der Waals surface area contributed by atoms with Crippen molar-refractivity contribution in [2.24, 2.45) is 5.92 Å². The van der Waals surface area contributed by atoms with Gasteiger partial charge >= 0.3 is 0 Å². The summed E-state index contributed by atoms with van der Waals surface area (Å²) in [7, 11) is -3.46. The number of sulfonamides is 1. The van der Waals surface area contributed by atoms with Crippen molar-refractivity contribution in [3.05, 3.63) is 29.8 Å². The number of anilines is 1. The predicted molar refractivity (Wildman–Crippen MR) is 119 cm³/mol. The quantitative estimate of drug-likeness (QED) is 0.748. The SMILES string of the molecule is CC(=O)N1CCCN(CC(C)C)CCN(C(=O)CNS(C)(=O)=O)Cc2ccccc21. The molecule has 1 aromatic rings. The van der Waals surface area contributed by atoms with Crippen molar-refractivity contribution in [3.8, 4) is 0 Å². The first-order chi connectivity index (χ1) is 14.1. The predicted octanol–water partition coefficient (Wildman–Crippen LogP) is 1.28. The molecule has 2 amide bonds. The van der Waals surface area contributed by atoms with Crippen molar-refractivity contribution in [2.45, 2.75) is 33.7 Å². The van der Waals surface area contributed by atoms with Crippen LogP contribution in [0.4, 0.5) is 5.69 Å². The number of fused-ring (bicyclic) bond motifs is 1. The lowest BCUT2D eigenvalue weighted by molar-refractivity contribution is -0.130. The lowest BCUT2D eigenvalue weighted by Gasteiger charge is -2.28. The van der Waals surface area contributed by atoms with Crippen molar-refractivity contribution in [1.82, 2.24) is 14.5 Å². The number of carbonyl (C=O) groups is 2. The molecule has 30 heavy (non-hydrogen) atoms. The standard InChI is InChI=1S/C21H34N4O4S/c1-17(2)15-23-10-7-11-25(18(3)26)20-9-6-5-8-19(20)16-24(13-12-23)21(27)14-22-30(4,28)29/h5-6,8-9,17,22H,7,10-16H2,1-4H3. The van der Waals surface area contributed by atoms with E-state index in [2.05, 4.69) is 23.5 Å². The molecule has 0 saturated heterocycles. The summed E-state index contributed by atoms with van der Waals surface area (Å²) in [6.45, 7) is 9.44. The fourth-order valence-electron chi connectivity index (χ4n) is 3.68. The molecule has 0 radical (unpaired) electrons. The Labute approximate surface area is 180 Å². The van der Waals surface area contributed by atoms with Gasteiger partial charge in [-0.1, -0.05) is 32.0 Å². The second kappa shape index (κ2) is 10.9. The molecule has 1 aromatic carbocycles. The van der Waals surface area contributed by atoms with Crippen molar-refractivity contribution < 1.29 is 18.0 Å². The minimum absolute atomic E-state index is 0.0336. The molecule has 168 valence electrons. The lowest BCUT2D eigenvalue weighted by Crippen LogP contribution is -2.43. The van der Waals surface area contributed by atoms with Crippen LogP contribution in [0.15, 0.2) is 24.3 Å². The smallest absolute Gasteiger partial charge is 0.237 e. The molecule has 0 bridgehead atoms. The van der Waals surface area contributed by atoms with Crippen LogP contribution in [0.25, 0.3) is 0 Å². The van der Waals surface area contributed by atoms with Crippen LogP contribution < -0.4 is 9.62 Å². The molecule has 1 aliphatic rings. The zero-order valence-corrected chi connectivity index (χ0v) is 19.2. The molecule has 2 rings (SSSR count). The highest BCUT2D eigenvalue weighted by Gasteiger charge is 2.22. The zero-order chi connectivity index (χ0) is 22.3. The Bertz CT molecular complexity index is 841. The van der Waals surface area contributed by atoms with Gasteiger partial charge in [-0.05, 0) is 30.5 Å². The Balaban J connectivity index is 2.34. The summed E-state index contributed by atoms with van der Waals surface area (Å²) >= 11 is 0. The van der Waals surface area contributed by atoms with Crippen LogP contribution in [0.5, 0.6) is 0 Å². The van der Waals surface area contributed by atoms with Crippen LogP contribution in [0.1, 0.15) is 32.8 Å². The third kappa shape index (κ3) is 7.70. The van der Waals surface area contributed by atoms with E-state index in [0.29, 0.717) is 32.1 Å². The van der Waals surface area contributed by atoms with Gasteiger partial charge in [0.15, 0.2) is 0 Å². The van der Waals surface area contributed by atoms with Crippen LogP contribution in [0, 0.1) is 5.92 Å². The minimum atomic E-state index is -3.46. The van der Waals surface area contributed by atoms with Gasteiger partial charge in [-0.2, -0.15) is 0 Å². The Kier molecular flexibility index (Phi) is 8.81. The summed E-state index contributed by atoms with van der Waals surface area (Å²) in [6, 6.07) is 7.59. The Morgan fingerprint density at radius 3 is 2.43 bits per heavy atom. The van der Waals surface area contributed by atoms with Crippen molar-refractivity contribution >= 4 is 27.5 Å². The largest absolute Gasteiger partial charge is 0.336 e. The van der Waals surface area contributed by atoms with Gasteiger partial charge in [0.1, 0.15) is 0 Å². The summed E-state index contributed by atoms with van der Waals surface area (Å²) in [5, 5.41) is 0. The maximum atomic E-state index is 12.8. The lowest BCUT2D eigenvalue weighted by atomic mass is 10.1. The van der Waals surface area contributed by atoms with E-state index in [1.165, 1.54) is 0 Å². The van der Waals surface area contributed by atoms with E-state index in [4.69, 9.17) is 0 Å². The van der Waals surface area contributed by atoms with Gasteiger partial charge in [0.2, 0.25) is 21.8 Å². The van der Waals surface area contributed by atoms with Crippen molar-refractivity contribution in [1.29, 1.82) is 0 Å². The number of rotatable bonds is 5. The molecule has 1 aliphatic heterocycles. The molecule has 1 N–H and O–H groups in total. The molecular weight excluding hydrogens is 404 g/mol. The van der Waals surface area contributed by atoms with E-state index >= 15 is 0 Å². The van der Waals surface area contributed by atoms with Crippen LogP contribution >= 0.6 is 0 Å². The van der Waals surface area contributed by atoms with Gasteiger partial charge in [0.25, 0.3) is 0 Å². The van der Waals surface area contributed by atoms with E-state index in [0.717, 1.165) is 37.0 Å². The van der Waals surface area contributed by atoms with Gasteiger partial charge in [0.05, 0.1) is 12.8 Å². The number of nitrogens with one attached hydrogen (secondary N) is 1. The molecule has 8 nitrogen and oxygen atoms in total. The topological polar surface area (TPSA) is 90.0 Å². The van der Waals surface area contributed by atoms with Crippen LogP contribution in [0.2, 0.25) is 0 Å². The van der Waals surface area contributed by atoms with Crippen molar-refractivity contribution in [3.63, 3.8) is 0 Å². The normalized spacial score (nSPS) is 16.8. The van der Waals surface area contributed by atoms with Crippen LogP contribution in [-0.4, -0.2) is 75.6 Å². The molecule has 0 saturated carbocycles. The number of amides is 2. The van der Waals surface area contributed by atoms with Gasteiger partial charge in [0, 0.05) is 45.3 Å². The highest BCUT2D eigenvalue weighted by Crippen LogP contribution is 2.23. The first-order valence-electron chi connectivity index (χ1n) is 10.4. The monoisotopic (exact) mass is 438 g/mol. The summed E-state index contributed by atoms with van der Waals surface area (Å²) < 4.78 is 25.2. The minimum Gasteiger partial charge on any atom is -0.336 e. The summed E-state index contributed by atoms with van der Waals surface area (Å²) in [5.41, 5.74) is 1.67. The Morgan fingerprint density at radius 2 is 1.80 bits per heavy atom. The first kappa shape index (κ1) is 24.3. The third-order valence-electron chi connectivity index (χ3n) is 5.03. The van der Waals surface area contributed by atoms with Gasteiger partial charge in [-0.15, -0.1) is 0 Å². The number of hydrogen-bond acceptors (Lipinski definition) is 5. The van der Waals surface area contributed by atoms with Gasteiger partial charge < -0.3 is 14.7 Å². The van der Waals surface area contributed by atoms with E-state index < -0.39 is 10.0 Å². The maximum Gasteiger partial charge on any atom is 0.237 e. The average Bonchev–Trinajstić information content (AvgIpc) is 2.68. The highest BCUT2D eigenvalue weighted by molar-refractivity contribution is 7.88. The summed E-state index contributed by atoms with van der Waals surface area (Å²) in [6.07, 6.45) is 1.88. The van der Waals surface area contributed by atoms with Crippen LogP contribution in [0.3, 0.4) is 0 Å². The van der Waals surface area contributed by atoms with Crippen LogP contribution in [-0.2, 0) is 26.2 Å². The highest BCUT2D eigenvalue weighted by atomic mass is 32.2. The second-order valence-electron chi connectivity index (χ2n) is 8.26. The number of nitrogens with zero attached hydrogens (tertiary/aromatic N) is 3. The van der Waals surface area contributed by atoms with Gasteiger partial charge in [-0.25, -0.2) is 13.1 Å².